The molecule has 1 saturated heterocycles. The number of anilines is 1. The second-order valence-electron chi connectivity index (χ2n) is 4.29. The Morgan fingerprint density at radius 3 is 3.00 bits per heavy atom. The molecular formula is C11H16ClN3O. The van der Waals surface area contributed by atoms with Gasteiger partial charge >= 0.3 is 0 Å². The number of ether oxygens (including phenoxy) is 1. The van der Waals surface area contributed by atoms with Crippen LogP contribution in [0.5, 0.6) is 0 Å². The predicted octanol–water partition coefficient (Wildman–Crippen LogP) is 2.05. The lowest BCUT2D eigenvalue weighted by atomic mass is 10.2. The zero-order chi connectivity index (χ0) is 11.7. The second kappa shape index (κ2) is 4.55. The number of hydrogen-bond donors (Lipinski definition) is 0. The number of hydrogen-bond acceptors (Lipinski definition) is 4. The van der Waals surface area contributed by atoms with E-state index in [0.29, 0.717) is 11.3 Å². The van der Waals surface area contributed by atoms with Crippen LogP contribution in [0.25, 0.3) is 0 Å². The van der Waals surface area contributed by atoms with Crippen LogP contribution in [0.1, 0.15) is 19.4 Å². The van der Waals surface area contributed by atoms with Crippen molar-refractivity contribution in [2.45, 2.75) is 32.9 Å². The lowest BCUT2D eigenvalue weighted by molar-refractivity contribution is 0.0340. The summed E-state index contributed by atoms with van der Waals surface area (Å²) in [5.74, 6) is 0.919. The van der Waals surface area contributed by atoms with Gasteiger partial charge in [-0.1, -0.05) is 0 Å². The molecule has 1 aliphatic heterocycles. The monoisotopic (exact) mass is 241 g/mol. The molecule has 0 aromatic carbocycles. The molecule has 0 aliphatic carbocycles. The van der Waals surface area contributed by atoms with Crippen molar-refractivity contribution in [2.24, 2.45) is 0 Å². The zero-order valence-corrected chi connectivity index (χ0v) is 10.5. The van der Waals surface area contributed by atoms with Gasteiger partial charge in [0.2, 0.25) is 5.28 Å². The Hall–Kier alpha value is -0.870. The summed E-state index contributed by atoms with van der Waals surface area (Å²) < 4.78 is 5.59. The van der Waals surface area contributed by atoms with Gasteiger partial charge in [-0.15, -0.1) is 0 Å². The molecule has 16 heavy (non-hydrogen) atoms. The molecule has 2 atom stereocenters. The Morgan fingerprint density at radius 2 is 2.25 bits per heavy atom. The Kier molecular flexibility index (Phi) is 3.30. The normalized spacial score (nSPS) is 25.9. The molecule has 2 heterocycles. The number of aromatic nitrogens is 2. The van der Waals surface area contributed by atoms with Crippen molar-refractivity contribution >= 4 is 17.4 Å². The van der Waals surface area contributed by atoms with E-state index in [1.54, 1.807) is 6.20 Å². The quantitative estimate of drug-likeness (QED) is 0.706. The highest BCUT2D eigenvalue weighted by Gasteiger charge is 2.25. The van der Waals surface area contributed by atoms with Gasteiger partial charge in [-0.2, -0.15) is 0 Å². The molecule has 0 bridgehead atoms. The van der Waals surface area contributed by atoms with Crippen molar-refractivity contribution in [2.75, 3.05) is 18.1 Å². The van der Waals surface area contributed by atoms with Crippen molar-refractivity contribution in [1.82, 2.24) is 9.97 Å². The summed E-state index contributed by atoms with van der Waals surface area (Å²) in [7, 11) is 0. The van der Waals surface area contributed by atoms with E-state index < -0.39 is 0 Å². The Balaban J connectivity index is 2.30. The molecule has 2 unspecified atom stereocenters. The van der Waals surface area contributed by atoms with Crippen LogP contribution in [0.4, 0.5) is 5.82 Å². The summed E-state index contributed by atoms with van der Waals surface area (Å²) in [6.07, 6.45) is 1.99. The fourth-order valence-electron chi connectivity index (χ4n) is 1.90. The molecule has 4 nitrogen and oxygen atoms in total. The molecule has 0 radical (unpaired) electrons. The fourth-order valence-corrected chi connectivity index (χ4v) is 2.03. The average Bonchev–Trinajstić information content (AvgIpc) is 2.25. The molecule has 2 rings (SSSR count). The van der Waals surface area contributed by atoms with E-state index in [0.717, 1.165) is 24.5 Å². The number of aryl methyl sites for hydroxylation is 1. The molecule has 0 N–H and O–H groups in total. The smallest absolute Gasteiger partial charge is 0.224 e. The van der Waals surface area contributed by atoms with Crippen molar-refractivity contribution in [3.63, 3.8) is 0 Å². The van der Waals surface area contributed by atoms with E-state index in [1.165, 1.54) is 0 Å². The van der Waals surface area contributed by atoms with Crippen LogP contribution in [0.15, 0.2) is 6.20 Å². The summed E-state index contributed by atoms with van der Waals surface area (Å²) in [6.45, 7) is 7.76. The van der Waals surface area contributed by atoms with Crippen LogP contribution >= 0.6 is 11.6 Å². The highest BCUT2D eigenvalue weighted by atomic mass is 35.5. The minimum Gasteiger partial charge on any atom is -0.375 e. The zero-order valence-electron chi connectivity index (χ0n) is 9.77. The van der Waals surface area contributed by atoms with Crippen LogP contribution < -0.4 is 4.90 Å². The lowest BCUT2D eigenvalue weighted by Crippen LogP contribution is -2.48. The Morgan fingerprint density at radius 1 is 1.50 bits per heavy atom. The molecule has 1 aromatic rings. The van der Waals surface area contributed by atoms with Crippen molar-refractivity contribution in [3.8, 4) is 0 Å². The van der Waals surface area contributed by atoms with Crippen molar-refractivity contribution in [1.29, 1.82) is 0 Å². The third-order valence-corrected chi connectivity index (χ3v) is 2.98. The predicted molar refractivity (Wildman–Crippen MR) is 64.0 cm³/mol. The van der Waals surface area contributed by atoms with Gasteiger partial charge in [0.15, 0.2) is 0 Å². The number of nitrogens with zero attached hydrogens (tertiary/aromatic N) is 3. The van der Waals surface area contributed by atoms with E-state index in [2.05, 4.69) is 28.7 Å². The molecule has 1 fully saturated rings. The first-order valence-corrected chi connectivity index (χ1v) is 5.83. The Bertz CT molecular complexity index is 385. The van der Waals surface area contributed by atoms with Crippen LogP contribution in [0, 0.1) is 6.92 Å². The summed E-state index contributed by atoms with van der Waals surface area (Å²) in [6, 6.07) is 0.320. The van der Waals surface area contributed by atoms with Gasteiger partial charge in [-0.05, 0) is 32.4 Å². The van der Waals surface area contributed by atoms with Crippen LogP contribution in [-0.2, 0) is 4.74 Å². The van der Waals surface area contributed by atoms with Crippen LogP contribution in [0.2, 0.25) is 5.28 Å². The highest BCUT2D eigenvalue weighted by molar-refractivity contribution is 6.28. The molecule has 5 heteroatoms. The third kappa shape index (κ3) is 2.28. The maximum atomic E-state index is 5.84. The van der Waals surface area contributed by atoms with Crippen molar-refractivity contribution < 1.29 is 4.74 Å². The number of morpholine rings is 1. The molecule has 0 spiro atoms. The summed E-state index contributed by atoms with van der Waals surface area (Å²) in [5, 5.41) is 0.298. The van der Waals surface area contributed by atoms with Crippen molar-refractivity contribution in [3.05, 3.63) is 17.0 Å². The number of halogens is 1. The minimum atomic E-state index is 0.226. The van der Waals surface area contributed by atoms with Gasteiger partial charge in [0, 0.05) is 18.3 Å². The standard InChI is InChI=1S/C11H16ClN3O/c1-7-4-13-11(12)14-10(7)15-5-9(3)16-6-8(15)2/h4,8-9H,5-6H2,1-3H3. The molecule has 1 aliphatic rings. The van der Waals surface area contributed by atoms with E-state index >= 15 is 0 Å². The van der Waals surface area contributed by atoms with E-state index in [9.17, 15) is 0 Å². The lowest BCUT2D eigenvalue weighted by Gasteiger charge is -2.38. The van der Waals surface area contributed by atoms with Gasteiger partial charge in [-0.25, -0.2) is 9.97 Å². The molecular weight excluding hydrogens is 226 g/mol. The maximum absolute atomic E-state index is 5.84. The number of rotatable bonds is 1. The molecule has 1 aromatic heterocycles. The van der Waals surface area contributed by atoms with Gasteiger partial charge in [-0.3, -0.25) is 0 Å². The first kappa shape index (κ1) is 11.6. The summed E-state index contributed by atoms with van der Waals surface area (Å²) in [5.41, 5.74) is 1.05. The third-order valence-electron chi connectivity index (χ3n) is 2.80. The molecule has 88 valence electrons. The van der Waals surface area contributed by atoms with E-state index in [1.807, 2.05) is 6.92 Å². The fraction of sp³-hybridized carbons (Fsp3) is 0.636. The van der Waals surface area contributed by atoms with Gasteiger partial charge in [0.1, 0.15) is 5.82 Å². The van der Waals surface area contributed by atoms with Crippen LogP contribution in [-0.4, -0.2) is 35.3 Å². The van der Waals surface area contributed by atoms with Crippen LogP contribution in [0.3, 0.4) is 0 Å². The average molecular weight is 242 g/mol. The maximum Gasteiger partial charge on any atom is 0.224 e. The highest BCUT2D eigenvalue weighted by Crippen LogP contribution is 2.23. The summed E-state index contributed by atoms with van der Waals surface area (Å²) >= 11 is 5.84. The first-order valence-electron chi connectivity index (χ1n) is 5.45. The molecule has 0 saturated carbocycles. The van der Waals surface area contributed by atoms with E-state index in [4.69, 9.17) is 16.3 Å². The topological polar surface area (TPSA) is 38.2 Å². The first-order chi connectivity index (χ1) is 7.58. The minimum absolute atomic E-state index is 0.226. The van der Waals surface area contributed by atoms with E-state index in [-0.39, 0.29) is 6.10 Å². The SMILES string of the molecule is Cc1cnc(Cl)nc1N1CC(C)OCC1C. The second-order valence-corrected chi connectivity index (χ2v) is 4.63. The molecule has 0 amide bonds. The van der Waals surface area contributed by atoms with Gasteiger partial charge < -0.3 is 9.64 Å². The van der Waals surface area contributed by atoms with Gasteiger partial charge in [0.25, 0.3) is 0 Å². The summed E-state index contributed by atoms with van der Waals surface area (Å²) in [4.78, 5) is 10.5. The van der Waals surface area contributed by atoms with Gasteiger partial charge in [0.05, 0.1) is 18.8 Å². The largest absolute Gasteiger partial charge is 0.375 e. The Labute approximate surface area is 101 Å².